The number of likely N-dealkylation sites (tertiary alicyclic amines) is 1. The second-order valence-electron chi connectivity index (χ2n) is 8.73. The molecule has 2 N–H and O–H groups in total. The summed E-state index contributed by atoms with van der Waals surface area (Å²) >= 11 is 0. The number of carbonyl (C=O) groups is 1. The smallest absolute Gasteiger partial charge is 0.299 e. The number of halogens is 1. The van der Waals surface area contributed by atoms with E-state index in [9.17, 15) is 9.18 Å². The number of nitrogens with two attached hydrogens (primary N) is 1. The molecule has 1 amide bonds. The van der Waals surface area contributed by atoms with Gasteiger partial charge in [0.15, 0.2) is 5.58 Å². The largest absolute Gasteiger partial charge is 0.423 e. The van der Waals surface area contributed by atoms with Crippen LogP contribution in [0.3, 0.4) is 0 Å². The molecule has 0 aliphatic carbocycles. The lowest BCUT2D eigenvalue weighted by Crippen LogP contribution is -2.62. The maximum absolute atomic E-state index is 13.6. The highest BCUT2D eigenvalue weighted by Gasteiger charge is 2.46. The highest BCUT2D eigenvalue weighted by Crippen LogP contribution is 2.37. The van der Waals surface area contributed by atoms with E-state index in [4.69, 9.17) is 10.2 Å². The predicted molar refractivity (Wildman–Crippen MR) is 111 cm³/mol. The van der Waals surface area contributed by atoms with Gasteiger partial charge in [0.1, 0.15) is 16.9 Å². The summed E-state index contributed by atoms with van der Waals surface area (Å²) in [4.78, 5) is 21.7. The fraction of sp³-hybridized carbons (Fsp3) is 0.636. The number of fused-ring (bicyclic) bond motifs is 1. The van der Waals surface area contributed by atoms with Gasteiger partial charge >= 0.3 is 0 Å². The van der Waals surface area contributed by atoms with Crippen LogP contribution in [0.5, 0.6) is 0 Å². The summed E-state index contributed by atoms with van der Waals surface area (Å²) in [5, 5.41) is 0. The zero-order valence-electron chi connectivity index (χ0n) is 17.4. The van der Waals surface area contributed by atoms with E-state index in [2.05, 4.69) is 23.7 Å². The Labute approximate surface area is 171 Å². The minimum atomic E-state index is -0.825. The predicted octanol–water partition coefficient (Wildman–Crippen LogP) is 3.83. The van der Waals surface area contributed by atoms with Gasteiger partial charge in [0.05, 0.1) is 0 Å². The lowest BCUT2D eigenvalue weighted by molar-refractivity contribution is -0.124. The molecule has 158 valence electrons. The lowest BCUT2D eigenvalue weighted by Gasteiger charge is -2.46. The van der Waals surface area contributed by atoms with Crippen LogP contribution in [-0.4, -0.2) is 46.5 Å². The standard InChI is InChI=1S/C22H31FN4O2/c1-15-6-5-7-16(2)26(15)13-11-22(20(24)28)10-3-4-12-27(22)21-25-18-14-17(23)8-9-19(18)29-21/h8-9,14-16H,3-7,10-13H2,1-2H3,(H2,24,28). The summed E-state index contributed by atoms with van der Waals surface area (Å²) in [6.07, 6.45) is 6.85. The second-order valence-corrected chi connectivity index (χ2v) is 8.73. The molecule has 0 saturated carbocycles. The van der Waals surface area contributed by atoms with Crippen molar-refractivity contribution >= 4 is 23.0 Å². The third kappa shape index (κ3) is 3.72. The SMILES string of the molecule is CC1CCCC(C)N1CCC1(C(N)=O)CCCCN1c1nc2cc(F)ccc2o1. The van der Waals surface area contributed by atoms with E-state index in [1.54, 1.807) is 6.07 Å². The molecule has 0 radical (unpaired) electrons. The molecule has 2 aromatic rings. The quantitative estimate of drug-likeness (QED) is 0.822. The van der Waals surface area contributed by atoms with E-state index >= 15 is 0 Å². The second kappa shape index (κ2) is 7.94. The number of nitrogens with zero attached hydrogens (tertiary/aromatic N) is 3. The number of primary amides is 1. The Balaban J connectivity index is 1.64. The van der Waals surface area contributed by atoms with Crippen molar-refractivity contribution in [3.8, 4) is 0 Å². The van der Waals surface area contributed by atoms with Crippen molar-refractivity contribution in [2.45, 2.75) is 76.4 Å². The van der Waals surface area contributed by atoms with Gasteiger partial charge in [0.25, 0.3) is 6.01 Å². The molecule has 7 heteroatoms. The summed E-state index contributed by atoms with van der Waals surface area (Å²) in [7, 11) is 0. The molecule has 0 spiro atoms. The summed E-state index contributed by atoms with van der Waals surface area (Å²) in [6, 6.07) is 5.67. The Morgan fingerprint density at radius 1 is 1.28 bits per heavy atom. The van der Waals surface area contributed by atoms with Crippen LogP contribution in [0.2, 0.25) is 0 Å². The van der Waals surface area contributed by atoms with Gasteiger partial charge < -0.3 is 15.1 Å². The Kier molecular flexibility index (Phi) is 5.51. The van der Waals surface area contributed by atoms with Gasteiger partial charge in [-0.3, -0.25) is 9.69 Å². The molecule has 3 unspecified atom stereocenters. The monoisotopic (exact) mass is 402 g/mol. The first kappa shape index (κ1) is 20.1. The summed E-state index contributed by atoms with van der Waals surface area (Å²) < 4.78 is 19.5. The molecule has 2 fully saturated rings. The van der Waals surface area contributed by atoms with Crippen LogP contribution in [0, 0.1) is 5.82 Å². The Hall–Kier alpha value is -2.15. The van der Waals surface area contributed by atoms with Gasteiger partial charge in [0.2, 0.25) is 5.91 Å². The first-order chi connectivity index (χ1) is 13.9. The fourth-order valence-corrected chi connectivity index (χ4v) is 5.19. The number of hydrogen-bond acceptors (Lipinski definition) is 5. The molecule has 0 bridgehead atoms. The Morgan fingerprint density at radius 3 is 2.76 bits per heavy atom. The van der Waals surface area contributed by atoms with E-state index in [1.165, 1.54) is 31.4 Å². The van der Waals surface area contributed by atoms with Crippen LogP contribution in [-0.2, 0) is 4.79 Å². The summed E-state index contributed by atoms with van der Waals surface area (Å²) in [6.45, 7) is 6.00. The number of piperidine rings is 2. The van der Waals surface area contributed by atoms with Crippen LogP contribution in [0.15, 0.2) is 22.6 Å². The zero-order chi connectivity index (χ0) is 20.6. The Bertz CT molecular complexity index is 875. The Morgan fingerprint density at radius 2 is 2.03 bits per heavy atom. The maximum Gasteiger partial charge on any atom is 0.299 e. The molecule has 4 rings (SSSR count). The van der Waals surface area contributed by atoms with E-state index in [1.807, 2.05) is 4.90 Å². The van der Waals surface area contributed by atoms with Gasteiger partial charge in [-0.05, 0) is 64.5 Å². The van der Waals surface area contributed by atoms with Crippen molar-refractivity contribution in [2.24, 2.45) is 5.73 Å². The number of anilines is 1. The number of carbonyl (C=O) groups excluding carboxylic acids is 1. The summed E-state index contributed by atoms with van der Waals surface area (Å²) in [5.41, 5.74) is 6.16. The maximum atomic E-state index is 13.6. The van der Waals surface area contributed by atoms with Gasteiger partial charge in [-0.25, -0.2) is 4.39 Å². The van der Waals surface area contributed by atoms with Gasteiger partial charge in [-0.2, -0.15) is 4.98 Å². The topological polar surface area (TPSA) is 75.6 Å². The number of hydrogen-bond donors (Lipinski definition) is 1. The van der Waals surface area contributed by atoms with Crippen LogP contribution in [0.4, 0.5) is 10.4 Å². The van der Waals surface area contributed by atoms with E-state index < -0.39 is 5.54 Å². The van der Waals surface area contributed by atoms with Crippen LogP contribution in [0.25, 0.3) is 11.1 Å². The zero-order valence-corrected chi connectivity index (χ0v) is 17.4. The normalized spacial score (nSPS) is 28.7. The van der Waals surface area contributed by atoms with Crippen LogP contribution in [0.1, 0.15) is 58.8 Å². The van der Waals surface area contributed by atoms with Crippen molar-refractivity contribution in [1.82, 2.24) is 9.88 Å². The molecular weight excluding hydrogens is 371 g/mol. The number of benzene rings is 1. The fourth-order valence-electron chi connectivity index (χ4n) is 5.19. The highest BCUT2D eigenvalue weighted by molar-refractivity contribution is 5.89. The minimum Gasteiger partial charge on any atom is -0.423 e. The van der Waals surface area contributed by atoms with E-state index in [-0.39, 0.29) is 11.7 Å². The molecule has 2 aliphatic rings. The molecule has 3 atom stereocenters. The molecule has 29 heavy (non-hydrogen) atoms. The van der Waals surface area contributed by atoms with Gasteiger partial charge in [0, 0.05) is 31.2 Å². The third-order valence-electron chi connectivity index (χ3n) is 6.93. The van der Waals surface area contributed by atoms with Crippen molar-refractivity contribution in [2.75, 3.05) is 18.0 Å². The molecule has 2 saturated heterocycles. The number of amides is 1. The molecule has 1 aromatic heterocycles. The lowest BCUT2D eigenvalue weighted by atomic mass is 9.82. The molecule has 2 aliphatic heterocycles. The molecule has 1 aromatic carbocycles. The van der Waals surface area contributed by atoms with Crippen molar-refractivity contribution in [3.63, 3.8) is 0 Å². The van der Waals surface area contributed by atoms with Crippen LogP contribution >= 0.6 is 0 Å². The van der Waals surface area contributed by atoms with Gasteiger partial charge in [-0.1, -0.05) is 6.42 Å². The first-order valence-electron chi connectivity index (χ1n) is 10.8. The van der Waals surface area contributed by atoms with Crippen molar-refractivity contribution in [3.05, 3.63) is 24.0 Å². The van der Waals surface area contributed by atoms with Crippen molar-refractivity contribution in [1.29, 1.82) is 0 Å². The third-order valence-corrected chi connectivity index (χ3v) is 6.93. The first-order valence-corrected chi connectivity index (χ1v) is 10.8. The molecular formula is C22H31FN4O2. The number of rotatable bonds is 5. The number of oxazole rings is 1. The van der Waals surface area contributed by atoms with Crippen molar-refractivity contribution < 1.29 is 13.6 Å². The molecule has 3 heterocycles. The van der Waals surface area contributed by atoms with Gasteiger partial charge in [-0.15, -0.1) is 0 Å². The summed E-state index contributed by atoms with van der Waals surface area (Å²) in [5.74, 6) is -0.687. The van der Waals surface area contributed by atoms with Crippen LogP contribution < -0.4 is 10.6 Å². The van der Waals surface area contributed by atoms with E-state index in [0.717, 1.165) is 19.4 Å². The number of aromatic nitrogens is 1. The average Bonchev–Trinajstić information content (AvgIpc) is 3.10. The minimum absolute atomic E-state index is 0.331. The van der Waals surface area contributed by atoms with E-state index in [0.29, 0.717) is 48.6 Å². The highest BCUT2D eigenvalue weighted by atomic mass is 19.1. The average molecular weight is 403 g/mol. The molecule has 6 nitrogen and oxygen atoms in total.